The Hall–Kier alpha value is -2.82. The second-order valence-corrected chi connectivity index (χ2v) is 6.02. The maximum absolute atomic E-state index is 12.0. The molecular formula is C21H25NO4. The molecule has 2 aromatic rings. The summed E-state index contributed by atoms with van der Waals surface area (Å²) in [5.41, 5.74) is 2.04. The molecule has 0 radical (unpaired) electrons. The Morgan fingerprint density at radius 3 is 2.42 bits per heavy atom. The number of esters is 1. The van der Waals surface area contributed by atoms with Gasteiger partial charge in [-0.3, -0.25) is 4.79 Å². The number of hydrogen-bond acceptors (Lipinski definition) is 4. The van der Waals surface area contributed by atoms with Gasteiger partial charge >= 0.3 is 5.97 Å². The molecule has 2 aromatic carbocycles. The molecule has 0 saturated carbocycles. The van der Waals surface area contributed by atoms with Gasteiger partial charge in [0.25, 0.3) is 5.91 Å². The number of nitrogens with one attached hydrogen (secondary N) is 1. The first-order valence-electron chi connectivity index (χ1n) is 8.85. The van der Waals surface area contributed by atoms with Crippen molar-refractivity contribution in [1.82, 2.24) is 0 Å². The van der Waals surface area contributed by atoms with Crippen LogP contribution in [0, 0.1) is 6.92 Å². The van der Waals surface area contributed by atoms with E-state index in [0.717, 1.165) is 30.6 Å². The Morgan fingerprint density at radius 2 is 1.73 bits per heavy atom. The van der Waals surface area contributed by atoms with Gasteiger partial charge in [-0.25, -0.2) is 4.79 Å². The minimum absolute atomic E-state index is 0.331. The average molecular weight is 355 g/mol. The van der Waals surface area contributed by atoms with Crippen LogP contribution in [0.15, 0.2) is 48.5 Å². The molecule has 26 heavy (non-hydrogen) atoms. The minimum atomic E-state index is -0.539. The molecule has 0 aromatic heterocycles. The van der Waals surface area contributed by atoms with Gasteiger partial charge in [0, 0.05) is 5.69 Å². The molecule has 0 aliphatic carbocycles. The van der Waals surface area contributed by atoms with E-state index in [1.807, 2.05) is 25.1 Å². The number of unbranched alkanes of at least 4 members (excludes halogenated alkanes) is 2. The highest BCUT2D eigenvalue weighted by Gasteiger charge is 2.11. The highest BCUT2D eigenvalue weighted by molar-refractivity contribution is 5.95. The van der Waals surface area contributed by atoms with E-state index < -0.39 is 5.97 Å². The Balaban J connectivity index is 1.78. The standard InChI is InChI=1S/C21H25NO4/c1-3-4-7-14-25-18-12-10-17(11-13-18)21(24)26-15-20(23)22-19-9-6-5-8-16(19)2/h5-6,8-13H,3-4,7,14-15H2,1-2H3,(H,22,23). The zero-order valence-corrected chi connectivity index (χ0v) is 15.3. The molecule has 1 N–H and O–H groups in total. The van der Waals surface area contributed by atoms with Gasteiger partial charge in [-0.2, -0.15) is 0 Å². The van der Waals surface area contributed by atoms with Gasteiger partial charge in [-0.1, -0.05) is 38.0 Å². The van der Waals surface area contributed by atoms with Crippen LogP contribution in [0.5, 0.6) is 5.75 Å². The van der Waals surface area contributed by atoms with Crippen molar-refractivity contribution in [2.75, 3.05) is 18.5 Å². The lowest BCUT2D eigenvalue weighted by molar-refractivity contribution is -0.119. The second-order valence-electron chi connectivity index (χ2n) is 6.02. The summed E-state index contributed by atoms with van der Waals surface area (Å²) in [7, 11) is 0. The highest BCUT2D eigenvalue weighted by atomic mass is 16.5. The molecule has 0 aliphatic rings. The van der Waals surface area contributed by atoms with E-state index in [0.29, 0.717) is 17.9 Å². The van der Waals surface area contributed by atoms with Crippen molar-refractivity contribution >= 4 is 17.6 Å². The van der Waals surface area contributed by atoms with E-state index in [9.17, 15) is 9.59 Å². The Morgan fingerprint density at radius 1 is 1.00 bits per heavy atom. The van der Waals surface area contributed by atoms with Crippen LogP contribution in [-0.4, -0.2) is 25.1 Å². The first-order valence-corrected chi connectivity index (χ1v) is 8.85. The van der Waals surface area contributed by atoms with Crippen LogP contribution in [0.1, 0.15) is 42.1 Å². The number of ether oxygens (including phenoxy) is 2. The Labute approximate surface area is 154 Å². The normalized spacial score (nSPS) is 10.2. The molecule has 0 bridgehead atoms. The summed E-state index contributed by atoms with van der Waals surface area (Å²) in [6.07, 6.45) is 3.29. The van der Waals surface area contributed by atoms with Crippen LogP contribution < -0.4 is 10.1 Å². The molecule has 5 nitrogen and oxygen atoms in total. The van der Waals surface area contributed by atoms with Gasteiger partial charge in [-0.15, -0.1) is 0 Å². The lowest BCUT2D eigenvalue weighted by Crippen LogP contribution is -2.21. The summed E-state index contributed by atoms with van der Waals surface area (Å²) in [6, 6.07) is 14.2. The zero-order chi connectivity index (χ0) is 18.8. The second kappa shape index (κ2) is 10.2. The predicted octanol–water partition coefficient (Wildman–Crippen LogP) is 4.36. The number of para-hydroxylation sites is 1. The average Bonchev–Trinajstić information content (AvgIpc) is 2.66. The SMILES string of the molecule is CCCCCOc1ccc(C(=O)OCC(=O)Nc2ccccc2C)cc1. The number of hydrogen-bond donors (Lipinski definition) is 1. The maximum atomic E-state index is 12.0. The van der Waals surface area contributed by atoms with Crippen molar-refractivity contribution < 1.29 is 19.1 Å². The number of anilines is 1. The number of rotatable bonds is 9. The summed E-state index contributed by atoms with van der Waals surface area (Å²) >= 11 is 0. The Bertz CT molecular complexity index is 725. The third-order valence-electron chi connectivity index (χ3n) is 3.86. The maximum Gasteiger partial charge on any atom is 0.338 e. The fraction of sp³-hybridized carbons (Fsp3) is 0.333. The topological polar surface area (TPSA) is 64.6 Å². The first-order chi connectivity index (χ1) is 12.6. The smallest absolute Gasteiger partial charge is 0.338 e. The van der Waals surface area contributed by atoms with E-state index in [-0.39, 0.29) is 12.5 Å². The van der Waals surface area contributed by atoms with Crippen molar-refractivity contribution in [1.29, 1.82) is 0 Å². The number of carbonyl (C=O) groups excluding carboxylic acids is 2. The van der Waals surface area contributed by atoms with Gasteiger partial charge < -0.3 is 14.8 Å². The lowest BCUT2D eigenvalue weighted by atomic mass is 10.2. The van der Waals surface area contributed by atoms with Crippen LogP contribution in [0.4, 0.5) is 5.69 Å². The van der Waals surface area contributed by atoms with Crippen molar-refractivity contribution in [2.45, 2.75) is 33.1 Å². The largest absolute Gasteiger partial charge is 0.494 e. The van der Waals surface area contributed by atoms with Crippen LogP contribution in [0.3, 0.4) is 0 Å². The quantitative estimate of drug-likeness (QED) is 0.536. The van der Waals surface area contributed by atoms with E-state index in [1.165, 1.54) is 0 Å². The first kappa shape index (κ1) is 19.5. The van der Waals surface area contributed by atoms with Crippen LogP contribution in [-0.2, 0) is 9.53 Å². The number of amides is 1. The van der Waals surface area contributed by atoms with Crippen molar-refractivity contribution in [3.05, 3.63) is 59.7 Å². The molecule has 0 fully saturated rings. The Kier molecular flexibility index (Phi) is 7.68. The number of carbonyl (C=O) groups is 2. The van der Waals surface area contributed by atoms with Crippen LogP contribution in [0.25, 0.3) is 0 Å². The molecule has 138 valence electrons. The van der Waals surface area contributed by atoms with Gasteiger partial charge in [-0.05, 0) is 49.2 Å². The molecule has 0 heterocycles. The predicted molar refractivity (Wildman–Crippen MR) is 102 cm³/mol. The molecule has 1 amide bonds. The molecule has 0 unspecified atom stereocenters. The van der Waals surface area contributed by atoms with E-state index in [1.54, 1.807) is 30.3 Å². The highest BCUT2D eigenvalue weighted by Crippen LogP contribution is 2.15. The molecule has 5 heteroatoms. The van der Waals surface area contributed by atoms with Crippen molar-refractivity contribution in [2.24, 2.45) is 0 Å². The van der Waals surface area contributed by atoms with E-state index in [4.69, 9.17) is 9.47 Å². The van der Waals surface area contributed by atoms with Crippen molar-refractivity contribution in [3.8, 4) is 5.75 Å². The van der Waals surface area contributed by atoms with Gasteiger partial charge in [0.2, 0.25) is 0 Å². The van der Waals surface area contributed by atoms with Crippen LogP contribution >= 0.6 is 0 Å². The summed E-state index contributed by atoms with van der Waals surface area (Å²) in [6.45, 7) is 4.37. The monoisotopic (exact) mass is 355 g/mol. The van der Waals surface area contributed by atoms with Crippen molar-refractivity contribution in [3.63, 3.8) is 0 Å². The van der Waals surface area contributed by atoms with E-state index >= 15 is 0 Å². The number of aryl methyl sites for hydroxylation is 1. The fourth-order valence-electron chi connectivity index (χ4n) is 2.34. The molecular weight excluding hydrogens is 330 g/mol. The summed E-state index contributed by atoms with van der Waals surface area (Å²) in [5.74, 6) is -0.194. The summed E-state index contributed by atoms with van der Waals surface area (Å²) < 4.78 is 10.7. The summed E-state index contributed by atoms with van der Waals surface area (Å²) in [4.78, 5) is 24.0. The minimum Gasteiger partial charge on any atom is -0.494 e. The van der Waals surface area contributed by atoms with Gasteiger partial charge in [0.1, 0.15) is 5.75 Å². The summed E-state index contributed by atoms with van der Waals surface area (Å²) in [5, 5.41) is 2.72. The zero-order valence-electron chi connectivity index (χ0n) is 15.3. The molecule has 0 spiro atoms. The van der Waals surface area contributed by atoms with E-state index in [2.05, 4.69) is 12.2 Å². The van der Waals surface area contributed by atoms with Crippen LogP contribution in [0.2, 0.25) is 0 Å². The number of benzene rings is 2. The molecule has 0 atom stereocenters. The molecule has 0 saturated heterocycles. The molecule has 2 rings (SSSR count). The van der Waals surface area contributed by atoms with Gasteiger partial charge in [0.15, 0.2) is 6.61 Å². The van der Waals surface area contributed by atoms with Gasteiger partial charge in [0.05, 0.1) is 12.2 Å². The molecule has 0 aliphatic heterocycles. The third kappa shape index (κ3) is 6.24. The third-order valence-corrected chi connectivity index (χ3v) is 3.86. The lowest BCUT2D eigenvalue weighted by Gasteiger charge is -2.09. The fourth-order valence-corrected chi connectivity index (χ4v) is 2.34.